The number of nitrogens with zero attached hydrogens (tertiary/aromatic N) is 3. The molecule has 2 N–H and O–H groups in total. The van der Waals surface area contributed by atoms with Crippen molar-refractivity contribution in [2.75, 3.05) is 0 Å². The second-order valence-corrected chi connectivity index (χ2v) is 5.36. The first kappa shape index (κ1) is 12.2. The van der Waals surface area contributed by atoms with E-state index in [0.29, 0.717) is 24.1 Å². The number of nitrogens with two attached hydrogens (primary N) is 1. The molecule has 0 saturated carbocycles. The van der Waals surface area contributed by atoms with E-state index >= 15 is 0 Å². The molecule has 6 heteroatoms. The molecule has 1 unspecified atom stereocenters. The molecule has 0 fully saturated rings. The van der Waals surface area contributed by atoms with Crippen molar-refractivity contribution >= 4 is 11.3 Å². The predicted octanol–water partition coefficient (Wildman–Crippen LogP) is 2.11. The Morgan fingerprint density at radius 1 is 1.47 bits per heavy atom. The van der Waals surface area contributed by atoms with Crippen LogP contribution in [-0.4, -0.2) is 21.2 Å². The van der Waals surface area contributed by atoms with Gasteiger partial charge in [0, 0.05) is 18.7 Å². The molecule has 0 aliphatic carbocycles. The first-order chi connectivity index (χ1) is 8.15. The van der Waals surface area contributed by atoms with E-state index in [1.165, 1.54) is 11.3 Å². The lowest BCUT2D eigenvalue weighted by molar-refractivity contribution is 0.359. The van der Waals surface area contributed by atoms with Gasteiger partial charge in [0.05, 0.1) is 10.4 Å². The second-order valence-electron chi connectivity index (χ2n) is 4.47. The second kappa shape index (κ2) is 5.37. The maximum atomic E-state index is 6.00. The lowest BCUT2D eigenvalue weighted by atomic mass is 10.0. The molecule has 0 spiro atoms. The maximum absolute atomic E-state index is 6.00. The van der Waals surface area contributed by atoms with E-state index in [4.69, 9.17) is 10.3 Å². The molecule has 0 saturated heterocycles. The Hall–Kier alpha value is -1.27. The fourth-order valence-corrected chi connectivity index (χ4v) is 2.22. The number of hydrogen-bond donors (Lipinski definition) is 1. The molecule has 17 heavy (non-hydrogen) atoms. The van der Waals surface area contributed by atoms with Crippen LogP contribution in [0.1, 0.15) is 26.2 Å². The summed E-state index contributed by atoms with van der Waals surface area (Å²) in [5.41, 5.74) is 7.74. The van der Waals surface area contributed by atoms with Gasteiger partial charge in [-0.15, -0.1) is 11.3 Å². The molecule has 0 amide bonds. The van der Waals surface area contributed by atoms with Gasteiger partial charge in [0.15, 0.2) is 0 Å². The highest BCUT2D eigenvalue weighted by Crippen LogP contribution is 2.20. The summed E-state index contributed by atoms with van der Waals surface area (Å²) in [6.07, 6.45) is 3.32. The molecule has 92 valence electrons. The zero-order valence-electron chi connectivity index (χ0n) is 9.96. The largest absolute Gasteiger partial charge is 0.339 e. The molecule has 0 bridgehead atoms. The van der Waals surface area contributed by atoms with Gasteiger partial charge in [0.2, 0.25) is 11.7 Å². The Morgan fingerprint density at radius 2 is 2.29 bits per heavy atom. The van der Waals surface area contributed by atoms with E-state index in [-0.39, 0.29) is 6.04 Å². The Morgan fingerprint density at radius 3 is 2.94 bits per heavy atom. The van der Waals surface area contributed by atoms with Gasteiger partial charge in [-0.05, 0) is 12.3 Å². The standard InChI is InChI=1S/C11H16N4OS/c1-7(2)3-8(12)4-10-14-11(15-16-10)9-5-13-6-17-9/h5-8H,3-4,12H2,1-2H3. The van der Waals surface area contributed by atoms with Gasteiger partial charge < -0.3 is 10.3 Å². The van der Waals surface area contributed by atoms with Crippen LogP contribution in [0.15, 0.2) is 16.2 Å². The number of rotatable bonds is 5. The SMILES string of the molecule is CC(C)CC(N)Cc1nc(-c2cncs2)no1. The summed E-state index contributed by atoms with van der Waals surface area (Å²) in [4.78, 5) is 9.21. The Balaban J connectivity index is 1.99. The normalized spacial score (nSPS) is 13.2. The van der Waals surface area contributed by atoms with Crippen LogP contribution < -0.4 is 5.73 Å². The Bertz CT molecular complexity index is 452. The van der Waals surface area contributed by atoms with Crippen molar-refractivity contribution < 1.29 is 4.52 Å². The van der Waals surface area contributed by atoms with Crippen LogP contribution in [0.4, 0.5) is 0 Å². The molecule has 2 heterocycles. The van der Waals surface area contributed by atoms with E-state index in [1.54, 1.807) is 11.7 Å². The summed E-state index contributed by atoms with van der Waals surface area (Å²) in [5.74, 6) is 1.77. The molecule has 1 atom stereocenters. The highest BCUT2D eigenvalue weighted by molar-refractivity contribution is 7.13. The highest BCUT2D eigenvalue weighted by Gasteiger charge is 2.14. The van der Waals surface area contributed by atoms with Crippen molar-refractivity contribution in [3.05, 3.63) is 17.6 Å². The average Bonchev–Trinajstić information content (AvgIpc) is 2.84. The summed E-state index contributed by atoms with van der Waals surface area (Å²) in [7, 11) is 0. The van der Waals surface area contributed by atoms with Crippen molar-refractivity contribution in [2.45, 2.75) is 32.7 Å². The van der Waals surface area contributed by atoms with Crippen molar-refractivity contribution in [3.63, 3.8) is 0 Å². The average molecular weight is 252 g/mol. The number of hydrogen-bond acceptors (Lipinski definition) is 6. The zero-order valence-corrected chi connectivity index (χ0v) is 10.8. The van der Waals surface area contributed by atoms with Gasteiger partial charge in [-0.25, -0.2) is 0 Å². The predicted molar refractivity (Wildman–Crippen MR) is 66.5 cm³/mol. The molecule has 5 nitrogen and oxygen atoms in total. The monoisotopic (exact) mass is 252 g/mol. The lowest BCUT2D eigenvalue weighted by Gasteiger charge is -2.10. The van der Waals surface area contributed by atoms with Gasteiger partial charge in [-0.2, -0.15) is 4.98 Å². The zero-order chi connectivity index (χ0) is 12.3. The topological polar surface area (TPSA) is 77.8 Å². The van der Waals surface area contributed by atoms with E-state index in [9.17, 15) is 0 Å². The third kappa shape index (κ3) is 3.34. The van der Waals surface area contributed by atoms with Crippen LogP contribution in [0.2, 0.25) is 0 Å². The molecule has 0 radical (unpaired) electrons. The van der Waals surface area contributed by atoms with E-state index < -0.39 is 0 Å². The Labute approximate surface area is 104 Å². The van der Waals surface area contributed by atoms with E-state index in [1.807, 2.05) is 0 Å². The molecule has 2 aromatic heterocycles. The van der Waals surface area contributed by atoms with Crippen LogP contribution in [0, 0.1) is 5.92 Å². The minimum Gasteiger partial charge on any atom is -0.339 e. The van der Waals surface area contributed by atoms with Crippen LogP contribution in [0.25, 0.3) is 10.7 Å². The Kier molecular flexibility index (Phi) is 3.86. The quantitative estimate of drug-likeness (QED) is 0.881. The van der Waals surface area contributed by atoms with Crippen LogP contribution >= 0.6 is 11.3 Å². The molecular weight excluding hydrogens is 236 g/mol. The van der Waals surface area contributed by atoms with Crippen LogP contribution in [0.5, 0.6) is 0 Å². The molecule has 2 aromatic rings. The van der Waals surface area contributed by atoms with Gasteiger partial charge in [-0.1, -0.05) is 19.0 Å². The highest BCUT2D eigenvalue weighted by atomic mass is 32.1. The first-order valence-electron chi connectivity index (χ1n) is 5.62. The van der Waals surface area contributed by atoms with Gasteiger partial charge in [0.25, 0.3) is 0 Å². The summed E-state index contributed by atoms with van der Waals surface area (Å²) in [6.45, 7) is 4.30. The first-order valence-corrected chi connectivity index (χ1v) is 6.50. The molecule has 0 aliphatic heterocycles. The smallest absolute Gasteiger partial charge is 0.228 e. The minimum absolute atomic E-state index is 0.0739. The molecule has 0 aliphatic rings. The lowest BCUT2D eigenvalue weighted by Crippen LogP contribution is -2.24. The molecule has 0 aromatic carbocycles. The third-order valence-electron chi connectivity index (χ3n) is 2.33. The third-order valence-corrected chi connectivity index (χ3v) is 3.10. The van der Waals surface area contributed by atoms with Gasteiger partial charge in [-0.3, -0.25) is 4.98 Å². The number of thiazole rings is 1. The molecular formula is C11H16N4OS. The van der Waals surface area contributed by atoms with E-state index in [0.717, 1.165) is 11.3 Å². The van der Waals surface area contributed by atoms with Crippen LogP contribution in [0.3, 0.4) is 0 Å². The van der Waals surface area contributed by atoms with Gasteiger partial charge >= 0.3 is 0 Å². The van der Waals surface area contributed by atoms with Crippen molar-refractivity contribution in [3.8, 4) is 10.7 Å². The summed E-state index contributed by atoms with van der Waals surface area (Å²) >= 11 is 1.49. The van der Waals surface area contributed by atoms with E-state index in [2.05, 4.69) is 29.0 Å². The maximum Gasteiger partial charge on any atom is 0.228 e. The summed E-state index contributed by atoms with van der Waals surface area (Å²) in [6, 6.07) is 0.0739. The summed E-state index contributed by atoms with van der Waals surface area (Å²) < 4.78 is 5.18. The molecule has 2 rings (SSSR count). The van der Waals surface area contributed by atoms with Crippen molar-refractivity contribution in [2.24, 2.45) is 11.7 Å². The van der Waals surface area contributed by atoms with Crippen LogP contribution in [-0.2, 0) is 6.42 Å². The van der Waals surface area contributed by atoms with Crippen molar-refractivity contribution in [1.82, 2.24) is 15.1 Å². The fourth-order valence-electron chi connectivity index (χ4n) is 1.68. The fraction of sp³-hybridized carbons (Fsp3) is 0.545. The minimum atomic E-state index is 0.0739. The van der Waals surface area contributed by atoms with Crippen molar-refractivity contribution in [1.29, 1.82) is 0 Å². The van der Waals surface area contributed by atoms with Gasteiger partial charge in [0.1, 0.15) is 0 Å². The summed E-state index contributed by atoms with van der Waals surface area (Å²) in [5, 5.41) is 3.92. The number of aromatic nitrogens is 3.